The third-order valence-electron chi connectivity index (χ3n) is 2.90. The van der Waals surface area contributed by atoms with E-state index in [9.17, 15) is 9.90 Å². The summed E-state index contributed by atoms with van der Waals surface area (Å²) in [6.07, 6.45) is 0.639. The van der Waals surface area contributed by atoms with E-state index in [2.05, 4.69) is 10.3 Å². The van der Waals surface area contributed by atoms with Gasteiger partial charge in [-0.1, -0.05) is 16.8 Å². The maximum absolute atomic E-state index is 10.3. The second kappa shape index (κ2) is 5.41. The molecule has 1 heterocycles. The maximum atomic E-state index is 10.3. The van der Waals surface area contributed by atoms with E-state index in [4.69, 9.17) is 16.3 Å². The van der Waals surface area contributed by atoms with Crippen LogP contribution in [0.1, 0.15) is 0 Å². The van der Waals surface area contributed by atoms with Crippen molar-refractivity contribution in [2.45, 2.75) is 0 Å². The van der Waals surface area contributed by atoms with Crippen LogP contribution in [-0.2, 0) is 4.79 Å². The van der Waals surface area contributed by atoms with Crippen LogP contribution in [0.25, 0.3) is 16.7 Å². The van der Waals surface area contributed by atoms with Crippen molar-refractivity contribution in [1.82, 2.24) is 15.0 Å². The number of phenols is 1. The quantitative estimate of drug-likeness (QED) is 0.749. The molecule has 0 fully saturated rings. The summed E-state index contributed by atoms with van der Waals surface area (Å²) in [5, 5.41) is 18.7. The molecule has 0 amide bonds. The SMILES string of the molecule is O=CCOc1ccc(-n2nnc3cc(Cl)ccc32)c(O)c1. The van der Waals surface area contributed by atoms with E-state index in [1.807, 2.05) is 0 Å². The molecule has 0 saturated heterocycles. The first-order valence-electron chi connectivity index (χ1n) is 6.10. The van der Waals surface area contributed by atoms with E-state index in [1.165, 1.54) is 10.7 Å². The molecule has 3 aromatic rings. The lowest BCUT2D eigenvalue weighted by Gasteiger charge is -2.08. The molecule has 2 aromatic carbocycles. The van der Waals surface area contributed by atoms with Gasteiger partial charge in [-0.15, -0.1) is 5.10 Å². The van der Waals surface area contributed by atoms with Crippen LogP contribution in [0, 0.1) is 0 Å². The van der Waals surface area contributed by atoms with Gasteiger partial charge in [0.25, 0.3) is 0 Å². The highest BCUT2D eigenvalue weighted by atomic mass is 35.5. The van der Waals surface area contributed by atoms with Gasteiger partial charge >= 0.3 is 0 Å². The molecule has 21 heavy (non-hydrogen) atoms. The zero-order chi connectivity index (χ0) is 14.8. The van der Waals surface area contributed by atoms with Crippen molar-refractivity contribution < 1.29 is 14.6 Å². The van der Waals surface area contributed by atoms with Crippen molar-refractivity contribution in [2.24, 2.45) is 0 Å². The van der Waals surface area contributed by atoms with Crippen molar-refractivity contribution in [2.75, 3.05) is 6.61 Å². The summed E-state index contributed by atoms with van der Waals surface area (Å²) in [6, 6.07) is 9.89. The molecule has 3 rings (SSSR count). The van der Waals surface area contributed by atoms with Gasteiger partial charge in [0.15, 0.2) is 6.29 Å². The summed E-state index contributed by atoms with van der Waals surface area (Å²) < 4.78 is 6.63. The number of aldehydes is 1. The van der Waals surface area contributed by atoms with Crippen molar-refractivity contribution in [3.63, 3.8) is 0 Å². The van der Waals surface area contributed by atoms with Crippen molar-refractivity contribution in [3.05, 3.63) is 41.4 Å². The average molecular weight is 304 g/mol. The molecule has 0 aliphatic carbocycles. The first kappa shape index (κ1) is 13.4. The lowest BCUT2D eigenvalue weighted by molar-refractivity contribution is -0.109. The fourth-order valence-corrected chi connectivity index (χ4v) is 2.14. The van der Waals surface area contributed by atoms with Gasteiger partial charge in [0.05, 0.1) is 5.52 Å². The third kappa shape index (κ3) is 2.53. The number of carbonyl (C=O) groups excluding carboxylic acids is 1. The first-order valence-corrected chi connectivity index (χ1v) is 6.47. The number of hydrogen-bond donors (Lipinski definition) is 1. The molecule has 1 N–H and O–H groups in total. The van der Waals surface area contributed by atoms with E-state index in [0.29, 0.717) is 28.3 Å². The second-order valence-electron chi connectivity index (χ2n) is 4.26. The Labute approximate surface area is 124 Å². The molecular formula is C14H10ClN3O3. The van der Waals surface area contributed by atoms with E-state index in [0.717, 1.165) is 5.52 Å². The minimum atomic E-state index is -0.0659. The highest BCUT2D eigenvalue weighted by Crippen LogP contribution is 2.29. The number of ether oxygens (including phenoxy) is 1. The van der Waals surface area contributed by atoms with Gasteiger partial charge in [-0.2, -0.15) is 0 Å². The van der Waals surface area contributed by atoms with Gasteiger partial charge in [0.2, 0.25) is 0 Å². The molecule has 0 unspecified atom stereocenters. The minimum Gasteiger partial charge on any atom is -0.506 e. The Morgan fingerprint density at radius 3 is 2.90 bits per heavy atom. The lowest BCUT2D eigenvalue weighted by atomic mass is 10.2. The summed E-state index contributed by atoms with van der Waals surface area (Å²) in [5.41, 5.74) is 1.80. The van der Waals surface area contributed by atoms with Crippen LogP contribution in [0.3, 0.4) is 0 Å². The number of hydrogen-bond acceptors (Lipinski definition) is 5. The van der Waals surface area contributed by atoms with Crippen LogP contribution in [0.15, 0.2) is 36.4 Å². The summed E-state index contributed by atoms with van der Waals surface area (Å²) in [4.78, 5) is 10.3. The van der Waals surface area contributed by atoms with Gasteiger partial charge in [-0.25, -0.2) is 4.68 Å². The van der Waals surface area contributed by atoms with Crippen LogP contribution in [0.5, 0.6) is 11.5 Å². The number of phenolic OH excluding ortho intramolecular Hbond substituents is 1. The van der Waals surface area contributed by atoms with Crippen LogP contribution < -0.4 is 4.74 Å². The van der Waals surface area contributed by atoms with E-state index in [-0.39, 0.29) is 12.4 Å². The van der Waals surface area contributed by atoms with Crippen molar-refractivity contribution in [3.8, 4) is 17.2 Å². The van der Waals surface area contributed by atoms with Crippen LogP contribution in [-0.4, -0.2) is 33.0 Å². The number of carbonyl (C=O) groups is 1. The maximum Gasteiger partial charge on any atom is 0.157 e. The Hall–Kier alpha value is -2.60. The molecule has 0 atom stereocenters. The van der Waals surface area contributed by atoms with Crippen LogP contribution in [0.2, 0.25) is 5.02 Å². The second-order valence-corrected chi connectivity index (χ2v) is 4.70. The average Bonchev–Trinajstić information content (AvgIpc) is 2.88. The van der Waals surface area contributed by atoms with Gasteiger partial charge in [-0.05, 0) is 30.3 Å². The van der Waals surface area contributed by atoms with Gasteiger partial charge in [0.1, 0.15) is 29.3 Å². The standard InChI is InChI=1S/C14H10ClN3O3/c15-9-1-3-12-11(7-9)16-17-18(12)13-4-2-10(8-14(13)20)21-6-5-19/h1-5,7-8,20H,6H2. The molecule has 1 aromatic heterocycles. The predicted octanol–water partition coefficient (Wildman–Crippen LogP) is 2.36. The number of benzene rings is 2. The Balaban J connectivity index is 2.04. The summed E-state index contributed by atoms with van der Waals surface area (Å²) in [5.74, 6) is 0.371. The van der Waals surface area contributed by atoms with Gasteiger partial charge in [0, 0.05) is 11.1 Å². The molecule has 106 valence electrons. The highest BCUT2D eigenvalue weighted by Gasteiger charge is 2.11. The van der Waals surface area contributed by atoms with E-state index in [1.54, 1.807) is 30.3 Å². The third-order valence-corrected chi connectivity index (χ3v) is 3.14. The van der Waals surface area contributed by atoms with E-state index < -0.39 is 0 Å². The Bertz CT molecular complexity index is 816. The summed E-state index contributed by atoms with van der Waals surface area (Å²) >= 11 is 5.90. The smallest absolute Gasteiger partial charge is 0.157 e. The lowest BCUT2D eigenvalue weighted by Crippen LogP contribution is -2.00. The van der Waals surface area contributed by atoms with E-state index >= 15 is 0 Å². The van der Waals surface area contributed by atoms with Crippen molar-refractivity contribution in [1.29, 1.82) is 0 Å². The molecule has 7 heteroatoms. The number of aromatic hydroxyl groups is 1. The normalized spacial score (nSPS) is 10.7. The molecule has 0 bridgehead atoms. The summed E-state index contributed by atoms with van der Waals surface area (Å²) in [7, 11) is 0. The van der Waals surface area contributed by atoms with Crippen LogP contribution >= 0.6 is 11.6 Å². The highest BCUT2D eigenvalue weighted by molar-refractivity contribution is 6.31. The largest absolute Gasteiger partial charge is 0.506 e. The minimum absolute atomic E-state index is 0.0276. The fourth-order valence-electron chi connectivity index (χ4n) is 1.98. The number of nitrogens with zero attached hydrogens (tertiary/aromatic N) is 3. The van der Waals surface area contributed by atoms with Gasteiger partial charge in [-0.3, -0.25) is 4.79 Å². The number of halogens is 1. The predicted molar refractivity (Wildman–Crippen MR) is 77.1 cm³/mol. The first-order chi connectivity index (χ1) is 10.2. The molecule has 0 radical (unpaired) electrons. The zero-order valence-corrected chi connectivity index (χ0v) is 11.5. The monoisotopic (exact) mass is 303 g/mol. The molecular weight excluding hydrogens is 294 g/mol. The Kier molecular flexibility index (Phi) is 3.45. The topological polar surface area (TPSA) is 77.2 Å². The number of fused-ring (bicyclic) bond motifs is 1. The Morgan fingerprint density at radius 1 is 1.29 bits per heavy atom. The molecule has 6 nitrogen and oxygen atoms in total. The molecule has 0 aliphatic rings. The van der Waals surface area contributed by atoms with Gasteiger partial charge < -0.3 is 9.84 Å². The number of aromatic nitrogens is 3. The Morgan fingerprint density at radius 2 is 2.14 bits per heavy atom. The molecule has 0 aliphatic heterocycles. The van der Waals surface area contributed by atoms with Crippen LogP contribution in [0.4, 0.5) is 0 Å². The number of rotatable bonds is 4. The molecule has 0 saturated carbocycles. The molecule has 0 spiro atoms. The summed E-state index contributed by atoms with van der Waals surface area (Å²) in [6.45, 7) is -0.0659. The zero-order valence-electron chi connectivity index (χ0n) is 10.7. The fraction of sp³-hybridized carbons (Fsp3) is 0.0714. The van der Waals surface area contributed by atoms with Crippen molar-refractivity contribution >= 4 is 28.9 Å².